The molecule has 1 heterocycles. The molecule has 1 fully saturated rings. The zero-order chi connectivity index (χ0) is 20.8. The monoisotopic (exact) mass is 394 g/mol. The molecule has 29 heavy (non-hydrogen) atoms. The molecule has 1 aliphatic rings. The highest BCUT2D eigenvalue weighted by atomic mass is 16.5. The third kappa shape index (κ3) is 5.59. The van der Waals surface area contributed by atoms with Gasteiger partial charge in [-0.3, -0.25) is 9.59 Å². The molecule has 1 saturated heterocycles. The summed E-state index contributed by atoms with van der Waals surface area (Å²) in [5.74, 6) is 1.46. The van der Waals surface area contributed by atoms with Crippen LogP contribution >= 0.6 is 0 Å². The van der Waals surface area contributed by atoms with Crippen LogP contribution in [0, 0.1) is 11.8 Å². The Balaban J connectivity index is 1.64. The van der Waals surface area contributed by atoms with E-state index in [1.165, 1.54) is 0 Å². The lowest BCUT2D eigenvalue weighted by Gasteiger charge is -2.30. The molecule has 0 aromatic heterocycles. The van der Waals surface area contributed by atoms with E-state index in [9.17, 15) is 9.59 Å². The summed E-state index contributed by atoms with van der Waals surface area (Å²) < 4.78 is 5.77. The van der Waals surface area contributed by atoms with Crippen molar-refractivity contribution in [2.24, 2.45) is 11.8 Å². The Hall–Kier alpha value is -2.82. The largest absolute Gasteiger partial charge is 0.492 e. The first-order valence-corrected chi connectivity index (χ1v) is 10.4. The van der Waals surface area contributed by atoms with Gasteiger partial charge in [-0.25, -0.2) is 0 Å². The molecule has 0 atom stereocenters. The predicted octanol–water partition coefficient (Wildman–Crippen LogP) is 4.85. The van der Waals surface area contributed by atoms with Gasteiger partial charge in [-0.15, -0.1) is 0 Å². The number of hydrogen-bond acceptors (Lipinski definition) is 3. The van der Waals surface area contributed by atoms with Gasteiger partial charge in [0.1, 0.15) is 5.75 Å². The molecule has 2 aromatic carbocycles. The summed E-state index contributed by atoms with van der Waals surface area (Å²) in [7, 11) is 0. The van der Waals surface area contributed by atoms with E-state index in [0.29, 0.717) is 41.0 Å². The maximum Gasteiger partial charge on any atom is 0.259 e. The average Bonchev–Trinajstić information content (AvgIpc) is 2.73. The van der Waals surface area contributed by atoms with Gasteiger partial charge in [0.2, 0.25) is 0 Å². The molecule has 0 spiro atoms. The van der Waals surface area contributed by atoms with Gasteiger partial charge in [0.25, 0.3) is 11.8 Å². The zero-order valence-corrected chi connectivity index (χ0v) is 17.5. The third-order valence-corrected chi connectivity index (χ3v) is 5.16. The van der Waals surface area contributed by atoms with Gasteiger partial charge < -0.3 is 15.0 Å². The highest BCUT2D eigenvalue weighted by Gasteiger charge is 2.21. The zero-order valence-electron chi connectivity index (χ0n) is 17.5. The van der Waals surface area contributed by atoms with Gasteiger partial charge in [-0.05, 0) is 61.1 Å². The third-order valence-electron chi connectivity index (χ3n) is 5.16. The van der Waals surface area contributed by atoms with Crippen LogP contribution in [0.3, 0.4) is 0 Å². The van der Waals surface area contributed by atoms with E-state index in [0.717, 1.165) is 25.9 Å². The first-order chi connectivity index (χ1) is 13.9. The number of carbonyl (C=O) groups is 2. The van der Waals surface area contributed by atoms with Crippen molar-refractivity contribution in [1.29, 1.82) is 0 Å². The van der Waals surface area contributed by atoms with Crippen LogP contribution in [0.1, 0.15) is 54.3 Å². The molecule has 154 valence electrons. The second-order valence-electron chi connectivity index (χ2n) is 8.21. The van der Waals surface area contributed by atoms with Crippen molar-refractivity contribution in [2.45, 2.75) is 33.6 Å². The maximum absolute atomic E-state index is 12.7. The molecule has 0 bridgehead atoms. The predicted molar refractivity (Wildman–Crippen MR) is 115 cm³/mol. The molecule has 0 aliphatic carbocycles. The number of nitrogens with one attached hydrogen (secondary N) is 1. The Morgan fingerprint density at radius 1 is 1.07 bits per heavy atom. The van der Waals surface area contributed by atoms with E-state index in [1.54, 1.807) is 36.4 Å². The Morgan fingerprint density at radius 2 is 1.72 bits per heavy atom. The van der Waals surface area contributed by atoms with Gasteiger partial charge in [0.05, 0.1) is 12.2 Å². The highest BCUT2D eigenvalue weighted by Crippen LogP contribution is 2.22. The highest BCUT2D eigenvalue weighted by molar-refractivity contribution is 6.06. The first kappa shape index (κ1) is 20.9. The maximum atomic E-state index is 12.7. The fourth-order valence-electron chi connectivity index (χ4n) is 3.33. The number of likely N-dealkylation sites (tertiary alicyclic amines) is 1. The van der Waals surface area contributed by atoms with E-state index in [2.05, 4.69) is 26.1 Å². The van der Waals surface area contributed by atoms with Crippen LogP contribution in [0.25, 0.3) is 0 Å². The molecule has 0 unspecified atom stereocenters. The van der Waals surface area contributed by atoms with Crippen LogP contribution < -0.4 is 10.1 Å². The van der Waals surface area contributed by atoms with Gasteiger partial charge in [-0.1, -0.05) is 32.9 Å². The lowest BCUT2D eigenvalue weighted by molar-refractivity contribution is 0.0697. The number of piperidine rings is 1. The summed E-state index contributed by atoms with van der Waals surface area (Å²) >= 11 is 0. The average molecular weight is 395 g/mol. The number of benzene rings is 2. The van der Waals surface area contributed by atoms with E-state index >= 15 is 0 Å². The number of amides is 2. The number of carbonyl (C=O) groups excluding carboxylic acids is 2. The normalized spacial score (nSPS) is 14.7. The number of nitrogens with zero attached hydrogens (tertiary/aromatic N) is 1. The SMILES string of the molecule is CC(C)COc1ccccc1C(=O)Nc1ccc(C(=O)N2CCC(C)CC2)cc1. The summed E-state index contributed by atoms with van der Waals surface area (Å²) in [6.45, 7) is 8.53. The Labute approximate surface area is 173 Å². The van der Waals surface area contributed by atoms with Crippen molar-refractivity contribution in [3.05, 3.63) is 59.7 Å². The molecule has 5 nitrogen and oxygen atoms in total. The van der Waals surface area contributed by atoms with E-state index in [1.807, 2.05) is 17.0 Å². The topological polar surface area (TPSA) is 58.6 Å². The molecule has 3 rings (SSSR count). The lowest BCUT2D eigenvalue weighted by Crippen LogP contribution is -2.37. The molecule has 2 aromatic rings. The van der Waals surface area contributed by atoms with Crippen LogP contribution in [-0.4, -0.2) is 36.4 Å². The summed E-state index contributed by atoms with van der Waals surface area (Å²) in [5, 5.41) is 2.89. The Bertz CT molecular complexity index is 837. The second kappa shape index (κ2) is 9.59. The molecule has 5 heteroatoms. The molecule has 1 aliphatic heterocycles. The number of para-hydroxylation sites is 1. The van der Waals surface area contributed by atoms with Crippen molar-refractivity contribution in [3.63, 3.8) is 0 Å². The lowest BCUT2D eigenvalue weighted by atomic mass is 9.98. The van der Waals surface area contributed by atoms with Crippen LogP contribution in [-0.2, 0) is 0 Å². The molecule has 2 amide bonds. The standard InChI is InChI=1S/C24H30N2O3/c1-17(2)16-29-22-7-5-4-6-21(22)23(27)25-20-10-8-19(9-11-20)24(28)26-14-12-18(3)13-15-26/h4-11,17-18H,12-16H2,1-3H3,(H,25,27). The van der Waals surface area contributed by atoms with Crippen molar-refractivity contribution in [2.75, 3.05) is 25.0 Å². The van der Waals surface area contributed by atoms with Gasteiger partial charge >= 0.3 is 0 Å². The van der Waals surface area contributed by atoms with Crippen molar-refractivity contribution >= 4 is 17.5 Å². The van der Waals surface area contributed by atoms with E-state index in [4.69, 9.17) is 4.74 Å². The Morgan fingerprint density at radius 3 is 2.38 bits per heavy atom. The number of ether oxygens (including phenoxy) is 1. The summed E-state index contributed by atoms with van der Waals surface area (Å²) in [4.78, 5) is 27.3. The van der Waals surface area contributed by atoms with Crippen LogP contribution in [0.2, 0.25) is 0 Å². The smallest absolute Gasteiger partial charge is 0.259 e. The number of hydrogen-bond donors (Lipinski definition) is 1. The molecular formula is C24H30N2O3. The summed E-state index contributed by atoms with van der Waals surface area (Å²) in [6, 6.07) is 14.3. The van der Waals surface area contributed by atoms with Crippen molar-refractivity contribution in [3.8, 4) is 5.75 Å². The molecule has 1 N–H and O–H groups in total. The molecule has 0 saturated carbocycles. The first-order valence-electron chi connectivity index (χ1n) is 10.4. The number of anilines is 1. The van der Waals surface area contributed by atoms with Gasteiger partial charge in [-0.2, -0.15) is 0 Å². The van der Waals surface area contributed by atoms with Crippen LogP contribution in [0.5, 0.6) is 5.75 Å². The minimum atomic E-state index is -0.228. The van der Waals surface area contributed by atoms with E-state index in [-0.39, 0.29) is 11.8 Å². The van der Waals surface area contributed by atoms with Crippen molar-refractivity contribution in [1.82, 2.24) is 4.90 Å². The van der Waals surface area contributed by atoms with Crippen LogP contribution in [0.4, 0.5) is 5.69 Å². The van der Waals surface area contributed by atoms with Gasteiger partial charge in [0, 0.05) is 24.3 Å². The number of rotatable bonds is 6. The summed E-state index contributed by atoms with van der Waals surface area (Å²) in [5.41, 5.74) is 1.80. The molecular weight excluding hydrogens is 364 g/mol. The van der Waals surface area contributed by atoms with E-state index < -0.39 is 0 Å². The summed E-state index contributed by atoms with van der Waals surface area (Å²) in [6.07, 6.45) is 2.11. The van der Waals surface area contributed by atoms with Crippen molar-refractivity contribution < 1.29 is 14.3 Å². The Kier molecular flexibility index (Phi) is 6.91. The minimum Gasteiger partial charge on any atom is -0.492 e. The van der Waals surface area contributed by atoms with Crippen LogP contribution in [0.15, 0.2) is 48.5 Å². The fraction of sp³-hybridized carbons (Fsp3) is 0.417. The molecule has 0 radical (unpaired) electrons. The quantitative estimate of drug-likeness (QED) is 0.762. The second-order valence-corrected chi connectivity index (χ2v) is 8.21. The van der Waals surface area contributed by atoms with Gasteiger partial charge in [0.15, 0.2) is 0 Å². The fourth-order valence-corrected chi connectivity index (χ4v) is 3.33. The minimum absolute atomic E-state index is 0.0576.